The molecule has 1 aliphatic heterocycles. The third kappa shape index (κ3) is 3.77. The summed E-state index contributed by atoms with van der Waals surface area (Å²) in [6.07, 6.45) is 1.71. The summed E-state index contributed by atoms with van der Waals surface area (Å²) >= 11 is 0. The van der Waals surface area contributed by atoms with Crippen LogP contribution in [0.5, 0.6) is 5.75 Å². The van der Waals surface area contributed by atoms with Gasteiger partial charge in [0.05, 0.1) is 23.9 Å². The fourth-order valence-electron chi connectivity index (χ4n) is 3.31. The zero-order chi connectivity index (χ0) is 20.5. The van der Waals surface area contributed by atoms with Crippen molar-refractivity contribution in [1.29, 1.82) is 0 Å². The Kier molecular flexibility index (Phi) is 5.76. The number of hydrogen-bond acceptors (Lipinski definition) is 7. The zero-order valence-electron chi connectivity index (χ0n) is 17.0. The lowest BCUT2D eigenvalue weighted by atomic mass is 10.1. The summed E-state index contributed by atoms with van der Waals surface area (Å²) in [5.74, 6) is 1.46. The summed E-state index contributed by atoms with van der Waals surface area (Å²) in [5.41, 5.74) is 2.54. The van der Waals surface area contributed by atoms with Gasteiger partial charge in [-0.05, 0) is 37.1 Å². The van der Waals surface area contributed by atoms with Crippen LogP contribution >= 0.6 is 0 Å². The van der Waals surface area contributed by atoms with Crippen LogP contribution in [-0.4, -0.2) is 70.3 Å². The second kappa shape index (κ2) is 7.92. The van der Waals surface area contributed by atoms with Crippen LogP contribution in [-0.2, 0) is 10.0 Å². The summed E-state index contributed by atoms with van der Waals surface area (Å²) in [4.78, 5) is 4.37. The van der Waals surface area contributed by atoms with E-state index in [0.29, 0.717) is 36.8 Å². The third-order valence-electron chi connectivity index (χ3n) is 5.23. The first kappa shape index (κ1) is 20.3. The van der Waals surface area contributed by atoms with Crippen molar-refractivity contribution in [3.05, 3.63) is 35.5 Å². The molecular weight excluding hydrogens is 378 g/mol. The minimum Gasteiger partial charge on any atom is -0.496 e. The molecule has 1 aliphatic rings. The summed E-state index contributed by atoms with van der Waals surface area (Å²) in [6, 6.07) is 5.32. The highest BCUT2D eigenvalue weighted by Crippen LogP contribution is 2.29. The molecule has 9 heteroatoms. The Morgan fingerprint density at radius 1 is 1.07 bits per heavy atom. The lowest BCUT2D eigenvalue weighted by Gasteiger charge is -2.35. The van der Waals surface area contributed by atoms with Gasteiger partial charge in [0, 0.05) is 46.3 Å². The number of nitrogens with zero attached hydrogens (tertiary/aromatic N) is 5. The number of anilines is 2. The fourth-order valence-corrected chi connectivity index (χ4v) is 5.02. The van der Waals surface area contributed by atoms with E-state index in [0.717, 1.165) is 22.6 Å². The zero-order valence-corrected chi connectivity index (χ0v) is 17.8. The van der Waals surface area contributed by atoms with Crippen LogP contribution in [0.15, 0.2) is 29.3 Å². The van der Waals surface area contributed by atoms with E-state index in [1.54, 1.807) is 29.7 Å². The molecule has 0 spiro atoms. The molecule has 0 radical (unpaired) electrons. The van der Waals surface area contributed by atoms with E-state index in [1.165, 1.54) is 0 Å². The Labute approximate surface area is 166 Å². The first-order valence-corrected chi connectivity index (χ1v) is 10.6. The first-order chi connectivity index (χ1) is 13.3. The highest BCUT2D eigenvalue weighted by atomic mass is 32.2. The van der Waals surface area contributed by atoms with E-state index in [1.807, 2.05) is 38.9 Å². The molecule has 1 aromatic carbocycles. The number of ether oxygens (including phenoxy) is 1. The Morgan fingerprint density at radius 3 is 2.36 bits per heavy atom. The number of rotatable bonds is 5. The van der Waals surface area contributed by atoms with Crippen molar-refractivity contribution in [2.24, 2.45) is 0 Å². The number of aromatic nitrogens is 2. The van der Waals surface area contributed by atoms with Gasteiger partial charge in [-0.1, -0.05) is 0 Å². The molecule has 2 heterocycles. The Balaban J connectivity index is 1.77. The predicted octanol–water partition coefficient (Wildman–Crippen LogP) is 1.68. The Morgan fingerprint density at radius 2 is 1.75 bits per heavy atom. The summed E-state index contributed by atoms with van der Waals surface area (Å²) in [5, 5.41) is 8.26. The van der Waals surface area contributed by atoms with Crippen LogP contribution in [0.25, 0.3) is 0 Å². The van der Waals surface area contributed by atoms with Gasteiger partial charge in [-0.3, -0.25) is 0 Å². The maximum Gasteiger partial charge on any atom is 0.243 e. The molecule has 1 saturated heterocycles. The SMILES string of the molecule is COc1ccc(S(=O)(=O)N2CCN(c3cc(N(C)C)cnn3)CC2)c(C)c1C. The summed E-state index contributed by atoms with van der Waals surface area (Å²) in [6.45, 7) is 5.64. The van der Waals surface area contributed by atoms with Gasteiger partial charge in [0.2, 0.25) is 10.0 Å². The number of benzene rings is 1. The predicted molar refractivity (Wildman–Crippen MR) is 110 cm³/mol. The van der Waals surface area contributed by atoms with Crippen molar-refractivity contribution in [1.82, 2.24) is 14.5 Å². The topological polar surface area (TPSA) is 78.9 Å². The largest absolute Gasteiger partial charge is 0.496 e. The fraction of sp³-hybridized carbons (Fsp3) is 0.474. The summed E-state index contributed by atoms with van der Waals surface area (Å²) < 4.78 is 33.2. The molecule has 0 amide bonds. The quantitative estimate of drug-likeness (QED) is 0.749. The van der Waals surface area contributed by atoms with Gasteiger partial charge in [0.1, 0.15) is 5.75 Å². The van der Waals surface area contributed by atoms with Crippen molar-refractivity contribution in [3.63, 3.8) is 0 Å². The molecule has 3 rings (SSSR count). The van der Waals surface area contributed by atoms with E-state index >= 15 is 0 Å². The van der Waals surface area contributed by atoms with Gasteiger partial charge >= 0.3 is 0 Å². The number of piperazine rings is 1. The molecule has 2 aromatic rings. The molecule has 8 nitrogen and oxygen atoms in total. The van der Waals surface area contributed by atoms with Crippen LogP contribution in [0, 0.1) is 13.8 Å². The second-order valence-electron chi connectivity index (χ2n) is 7.07. The van der Waals surface area contributed by atoms with Crippen LogP contribution in [0.4, 0.5) is 11.5 Å². The van der Waals surface area contributed by atoms with Crippen LogP contribution in [0.2, 0.25) is 0 Å². The van der Waals surface area contributed by atoms with Gasteiger partial charge in [-0.15, -0.1) is 5.10 Å². The maximum atomic E-state index is 13.2. The third-order valence-corrected chi connectivity index (χ3v) is 7.27. The van der Waals surface area contributed by atoms with Crippen molar-refractivity contribution >= 4 is 21.5 Å². The van der Waals surface area contributed by atoms with Crippen molar-refractivity contribution in [2.75, 3.05) is 57.2 Å². The lowest BCUT2D eigenvalue weighted by Crippen LogP contribution is -2.49. The number of methoxy groups -OCH3 is 1. The second-order valence-corrected chi connectivity index (χ2v) is 8.98. The monoisotopic (exact) mass is 405 g/mol. The van der Waals surface area contributed by atoms with E-state index in [9.17, 15) is 8.42 Å². The molecule has 0 unspecified atom stereocenters. The van der Waals surface area contributed by atoms with E-state index in [-0.39, 0.29) is 0 Å². The Bertz CT molecular complexity index is 954. The Hall–Kier alpha value is -2.39. The molecule has 0 saturated carbocycles. The average Bonchev–Trinajstić information content (AvgIpc) is 2.70. The van der Waals surface area contributed by atoms with Crippen molar-refractivity contribution < 1.29 is 13.2 Å². The van der Waals surface area contributed by atoms with E-state index in [2.05, 4.69) is 15.1 Å². The van der Waals surface area contributed by atoms with Gasteiger partial charge in [0.25, 0.3) is 0 Å². The van der Waals surface area contributed by atoms with E-state index in [4.69, 9.17) is 4.74 Å². The first-order valence-electron chi connectivity index (χ1n) is 9.15. The van der Waals surface area contributed by atoms with Gasteiger partial charge in [-0.2, -0.15) is 9.40 Å². The minimum atomic E-state index is -3.56. The molecule has 152 valence electrons. The van der Waals surface area contributed by atoms with Crippen LogP contribution < -0.4 is 14.5 Å². The lowest BCUT2D eigenvalue weighted by molar-refractivity contribution is 0.382. The molecule has 1 fully saturated rings. The minimum absolute atomic E-state index is 0.341. The maximum absolute atomic E-state index is 13.2. The van der Waals surface area contributed by atoms with E-state index < -0.39 is 10.0 Å². The molecule has 28 heavy (non-hydrogen) atoms. The normalized spacial score (nSPS) is 15.5. The number of hydrogen-bond donors (Lipinski definition) is 0. The highest BCUT2D eigenvalue weighted by molar-refractivity contribution is 7.89. The van der Waals surface area contributed by atoms with Crippen molar-refractivity contribution in [2.45, 2.75) is 18.7 Å². The highest BCUT2D eigenvalue weighted by Gasteiger charge is 2.31. The molecule has 0 bridgehead atoms. The van der Waals surface area contributed by atoms with Gasteiger partial charge < -0.3 is 14.5 Å². The van der Waals surface area contributed by atoms with Crippen molar-refractivity contribution in [3.8, 4) is 5.75 Å². The standard InChI is InChI=1S/C19H27N5O3S/c1-14-15(2)18(7-6-17(14)27-5)28(25,26)24-10-8-23(9-11-24)19-12-16(22(3)4)13-20-21-19/h6-7,12-13H,8-11H2,1-5H3. The van der Waals surface area contributed by atoms with Gasteiger partial charge in [-0.25, -0.2) is 8.42 Å². The van der Waals surface area contributed by atoms with Crippen LogP contribution in [0.1, 0.15) is 11.1 Å². The van der Waals surface area contributed by atoms with Crippen LogP contribution in [0.3, 0.4) is 0 Å². The molecule has 0 aliphatic carbocycles. The van der Waals surface area contributed by atoms with Gasteiger partial charge in [0.15, 0.2) is 5.82 Å². The molecular formula is C19H27N5O3S. The molecule has 0 N–H and O–H groups in total. The molecule has 0 atom stereocenters. The average molecular weight is 406 g/mol. The number of sulfonamides is 1. The molecule has 1 aromatic heterocycles. The summed E-state index contributed by atoms with van der Waals surface area (Å²) in [7, 11) is 1.92. The smallest absolute Gasteiger partial charge is 0.243 e.